The van der Waals surface area contributed by atoms with Gasteiger partial charge in [0.1, 0.15) is 5.82 Å². The van der Waals surface area contributed by atoms with Gasteiger partial charge in [-0.2, -0.15) is 5.26 Å². The molecule has 0 fully saturated rings. The summed E-state index contributed by atoms with van der Waals surface area (Å²) < 4.78 is 5.51. The molecule has 1 aromatic carbocycles. The van der Waals surface area contributed by atoms with Gasteiger partial charge in [0.2, 0.25) is 5.13 Å². The lowest BCUT2D eigenvalue weighted by molar-refractivity contribution is -0.139. The van der Waals surface area contributed by atoms with Crippen LogP contribution < -0.4 is 10.6 Å². The molecule has 0 saturated carbocycles. The van der Waals surface area contributed by atoms with Crippen molar-refractivity contribution in [2.24, 2.45) is 5.73 Å². The van der Waals surface area contributed by atoms with Crippen molar-refractivity contribution in [3.05, 3.63) is 57.5 Å². The number of carbonyl (C=O) groups is 2. The van der Waals surface area contributed by atoms with E-state index in [-0.39, 0.29) is 28.9 Å². The molecule has 1 aromatic heterocycles. The number of nitrogens with two attached hydrogens (primary N) is 1. The van der Waals surface area contributed by atoms with Gasteiger partial charge in [0.25, 0.3) is 0 Å². The molecule has 4 rings (SSSR count). The maximum absolute atomic E-state index is 13.1. The van der Waals surface area contributed by atoms with Crippen LogP contribution in [-0.2, 0) is 14.3 Å². The number of halogens is 1. The molecule has 33 heavy (non-hydrogen) atoms. The van der Waals surface area contributed by atoms with E-state index in [9.17, 15) is 14.9 Å². The molecule has 2 heterocycles. The Hall–Kier alpha value is -2.87. The highest BCUT2D eigenvalue weighted by Gasteiger charge is 2.41. The second-order valence-electron chi connectivity index (χ2n) is 7.31. The standard InChI is InChI=1S/C22H20ClN5O3S2/c1-2-31-17(30)11-32-22-27-26-21(33-22)28-15-4-3-5-16(29)19(15)18(14(10-24)20(28)25)12-6-8-13(23)9-7-12/h6-9,18H,2-5,11,25H2,1H3. The largest absolute Gasteiger partial charge is 0.465 e. The lowest BCUT2D eigenvalue weighted by Gasteiger charge is -2.38. The summed E-state index contributed by atoms with van der Waals surface area (Å²) in [5.41, 5.74) is 8.88. The second-order valence-corrected chi connectivity index (χ2v) is 9.93. The number of nitrogens with zero attached hydrogens (tertiary/aromatic N) is 4. The maximum Gasteiger partial charge on any atom is 0.316 e. The highest BCUT2D eigenvalue weighted by atomic mass is 35.5. The maximum atomic E-state index is 13.1. The normalized spacial score (nSPS) is 18.3. The molecule has 0 bridgehead atoms. The quantitative estimate of drug-likeness (QED) is 0.459. The number of hydrogen-bond acceptors (Lipinski definition) is 10. The third-order valence-corrected chi connectivity index (χ3v) is 7.59. The number of nitriles is 1. The first-order valence-electron chi connectivity index (χ1n) is 10.3. The topological polar surface area (TPSA) is 122 Å². The van der Waals surface area contributed by atoms with Gasteiger partial charge >= 0.3 is 5.97 Å². The van der Waals surface area contributed by atoms with Crippen LogP contribution in [0.5, 0.6) is 0 Å². The molecule has 0 saturated heterocycles. The number of ether oxygens (including phenoxy) is 1. The first kappa shape index (κ1) is 23.3. The van der Waals surface area contributed by atoms with Crippen molar-refractivity contribution in [2.75, 3.05) is 17.3 Å². The Bertz CT molecular complexity index is 1200. The molecule has 2 aromatic rings. The molecule has 0 spiro atoms. The highest BCUT2D eigenvalue weighted by Crippen LogP contribution is 2.47. The molecule has 2 N–H and O–H groups in total. The van der Waals surface area contributed by atoms with Gasteiger partial charge in [0.15, 0.2) is 10.1 Å². The average Bonchev–Trinajstić information content (AvgIpc) is 3.26. The van der Waals surface area contributed by atoms with Crippen LogP contribution in [0.3, 0.4) is 0 Å². The summed E-state index contributed by atoms with van der Waals surface area (Å²) in [5.74, 6) is -0.566. The molecular weight excluding hydrogens is 482 g/mol. The summed E-state index contributed by atoms with van der Waals surface area (Å²) >= 11 is 8.51. The molecule has 11 heteroatoms. The summed E-state index contributed by atoms with van der Waals surface area (Å²) in [6, 6.07) is 9.32. The van der Waals surface area contributed by atoms with Gasteiger partial charge < -0.3 is 10.5 Å². The van der Waals surface area contributed by atoms with Gasteiger partial charge in [-0.1, -0.05) is 46.8 Å². The van der Waals surface area contributed by atoms with Gasteiger partial charge in [-0.25, -0.2) is 0 Å². The fraction of sp³-hybridized carbons (Fsp3) is 0.318. The molecule has 1 aliphatic heterocycles. The Balaban J connectivity index is 1.75. The SMILES string of the molecule is CCOC(=O)CSc1nnc(N2C(N)=C(C#N)C(c3ccc(Cl)cc3)C3=C2CCCC3=O)s1. The van der Waals surface area contributed by atoms with Crippen LogP contribution in [0.15, 0.2) is 51.3 Å². The lowest BCUT2D eigenvalue weighted by Crippen LogP contribution is -2.38. The van der Waals surface area contributed by atoms with E-state index in [0.29, 0.717) is 45.9 Å². The molecule has 2 aliphatic rings. The van der Waals surface area contributed by atoms with Crippen molar-refractivity contribution in [1.82, 2.24) is 10.2 Å². The van der Waals surface area contributed by atoms with Crippen molar-refractivity contribution in [2.45, 2.75) is 36.4 Å². The number of hydrogen-bond donors (Lipinski definition) is 1. The van der Waals surface area contributed by atoms with Gasteiger partial charge in [0.05, 0.1) is 29.9 Å². The van der Waals surface area contributed by atoms with E-state index in [1.165, 1.54) is 23.1 Å². The molecule has 1 aliphatic carbocycles. The average molecular weight is 502 g/mol. The number of thioether (sulfide) groups is 1. The van der Waals surface area contributed by atoms with Crippen LogP contribution in [0.2, 0.25) is 5.02 Å². The van der Waals surface area contributed by atoms with Gasteiger partial charge in [0, 0.05) is 22.7 Å². The number of esters is 1. The Morgan fingerprint density at radius 2 is 2.12 bits per heavy atom. The summed E-state index contributed by atoms with van der Waals surface area (Å²) in [7, 11) is 0. The van der Waals surface area contributed by atoms with Crippen LogP contribution >= 0.6 is 34.7 Å². The van der Waals surface area contributed by atoms with Crippen molar-refractivity contribution < 1.29 is 14.3 Å². The minimum Gasteiger partial charge on any atom is -0.465 e. The number of Topliss-reactive ketones (excluding diaryl/α,β-unsaturated/α-hetero) is 1. The predicted octanol–water partition coefficient (Wildman–Crippen LogP) is 4.15. The molecule has 1 unspecified atom stereocenters. The Labute approximate surface area is 204 Å². The van der Waals surface area contributed by atoms with E-state index < -0.39 is 5.92 Å². The first-order chi connectivity index (χ1) is 15.9. The predicted molar refractivity (Wildman–Crippen MR) is 127 cm³/mol. The fourth-order valence-corrected chi connectivity index (χ4v) is 5.77. The summed E-state index contributed by atoms with van der Waals surface area (Å²) in [5, 5.41) is 19.4. The summed E-state index contributed by atoms with van der Waals surface area (Å²) in [6.07, 6.45) is 1.71. The van der Waals surface area contributed by atoms with Crippen LogP contribution in [-0.4, -0.2) is 34.3 Å². The van der Waals surface area contributed by atoms with Crippen molar-refractivity contribution in [3.63, 3.8) is 0 Å². The highest BCUT2D eigenvalue weighted by molar-refractivity contribution is 8.01. The molecule has 170 valence electrons. The summed E-state index contributed by atoms with van der Waals surface area (Å²) in [4.78, 5) is 26.4. The Kier molecular flexibility index (Phi) is 7.02. The number of aromatic nitrogens is 2. The van der Waals surface area contributed by atoms with Crippen molar-refractivity contribution in [1.29, 1.82) is 5.26 Å². The van der Waals surface area contributed by atoms with Crippen LogP contribution in [0, 0.1) is 11.3 Å². The van der Waals surface area contributed by atoms with Gasteiger partial charge in [-0.3, -0.25) is 14.5 Å². The molecule has 8 nitrogen and oxygen atoms in total. The number of rotatable bonds is 6. The number of ketones is 1. The Morgan fingerprint density at radius 3 is 2.82 bits per heavy atom. The number of anilines is 1. The van der Waals surface area contributed by atoms with Crippen molar-refractivity contribution in [3.8, 4) is 6.07 Å². The van der Waals surface area contributed by atoms with Crippen LogP contribution in [0.25, 0.3) is 0 Å². The monoisotopic (exact) mass is 501 g/mol. The third kappa shape index (κ3) is 4.62. The number of allylic oxidation sites excluding steroid dienone is 3. The van der Waals surface area contributed by atoms with Crippen LogP contribution in [0.1, 0.15) is 37.7 Å². The van der Waals surface area contributed by atoms with E-state index in [1.54, 1.807) is 24.0 Å². The molecule has 0 amide bonds. The van der Waals surface area contributed by atoms with E-state index in [2.05, 4.69) is 16.3 Å². The smallest absolute Gasteiger partial charge is 0.316 e. The molecule has 1 atom stereocenters. The second kappa shape index (κ2) is 9.95. The number of benzene rings is 1. The minimum atomic E-state index is -0.558. The minimum absolute atomic E-state index is 0.0112. The fourth-order valence-electron chi connectivity index (χ4n) is 3.97. The van der Waals surface area contributed by atoms with E-state index in [4.69, 9.17) is 22.1 Å². The van der Waals surface area contributed by atoms with Crippen LogP contribution in [0.4, 0.5) is 5.13 Å². The van der Waals surface area contributed by atoms with E-state index in [0.717, 1.165) is 11.3 Å². The summed E-state index contributed by atoms with van der Waals surface area (Å²) in [6.45, 7) is 2.06. The lowest BCUT2D eigenvalue weighted by atomic mass is 9.76. The van der Waals surface area contributed by atoms with Crippen molar-refractivity contribution >= 4 is 51.6 Å². The zero-order valence-electron chi connectivity index (χ0n) is 17.7. The first-order valence-corrected chi connectivity index (χ1v) is 12.5. The third-order valence-electron chi connectivity index (χ3n) is 5.32. The molecule has 0 radical (unpaired) electrons. The Morgan fingerprint density at radius 1 is 1.36 bits per heavy atom. The molecular formula is C22H20ClN5O3S2. The zero-order valence-corrected chi connectivity index (χ0v) is 20.1. The van der Waals surface area contributed by atoms with E-state index in [1.807, 2.05) is 12.1 Å². The zero-order chi connectivity index (χ0) is 23.5. The van der Waals surface area contributed by atoms with Gasteiger partial charge in [-0.15, -0.1) is 10.2 Å². The van der Waals surface area contributed by atoms with Gasteiger partial charge in [-0.05, 0) is 37.5 Å². The van der Waals surface area contributed by atoms with E-state index >= 15 is 0 Å². The number of carbonyl (C=O) groups excluding carboxylic acids is 2.